The van der Waals surface area contributed by atoms with Crippen LogP contribution in [0.25, 0.3) is 10.9 Å². The van der Waals surface area contributed by atoms with Gasteiger partial charge in [0.2, 0.25) is 17.8 Å². The number of Topliss-reactive ketones (excluding diaryl/α,β-unsaturated/α-hetero) is 1. The first kappa shape index (κ1) is 66.7. The van der Waals surface area contributed by atoms with Crippen LogP contribution in [0.5, 0.6) is 5.88 Å². The molecule has 0 atom stereocenters. The van der Waals surface area contributed by atoms with Crippen LogP contribution in [0.2, 0.25) is 0 Å². The van der Waals surface area contributed by atoms with Crippen LogP contribution < -0.4 is 31.2 Å². The Labute approximate surface area is 466 Å². The van der Waals surface area contributed by atoms with Crippen molar-refractivity contribution in [2.45, 2.75) is 101 Å². The van der Waals surface area contributed by atoms with Crippen molar-refractivity contribution in [3.63, 3.8) is 0 Å². The number of fused-ring (bicyclic) bond motifs is 1. The van der Waals surface area contributed by atoms with E-state index in [-0.39, 0.29) is 12.3 Å². The Kier molecular flexibility index (Phi) is 19.5. The van der Waals surface area contributed by atoms with Gasteiger partial charge in [-0.1, -0.05) is 130 Å². The molecule has 0 fully saturated rings. The first-order chi connectivity index (χ1) is 39.1. The smallest absolute Gasteiger partial charge is 0.416 e. The number of ketones is 1. The number of hydrogen-bond acceptors (Lipinski definition) is 2. The molecule has 0 radical (unpaired) electrons. The van der Waals surface area contributed by atoms with Crippen molar-refractivity contribution in [2.75, 3.05) is 6.61 Å². The van der Waals surface area contributed by atoms with Gasteiger partial charge in [0.05, 0.1) is 57.2 Å². The molecule has 0 saturated carbocycles. The van der Waals surface area contributed by atoms with Gasteiger partial charge in [0.25, 0.3) is 0 Å². The van der Waals surface area contributed by atoms with Gasteiger partial charge in [0, 0.05) is 17.0 Å². The van der Waals surface area contributed by atoms with E-state index >= 15 is 0 Å². The van der Waals surface area contributed by atoms with E-state index in [1.807, 2.05) is 59.2 Å². The van der Waals surface area contributed by atoms with Crippen molar-refractivity contribution in [1.29, 1.82) is 0 Å². The van der Waals surface area contributed by atoms with Gasteiger partial charge in [-0.15, -0.1) is 0 Å². The lowest BCUT2D eigenvalue weighted by atomic mass is 9.12. The zero-order valence-electron chi connectivity index (χ0n) is 43.3. The zero-order valence-corrected chi connectivity index (χ0v) is 43.3. The number of nitrogens with zero attached hydrogens (tertiary/aromatic N) is 1. The lowest BCUT2D eigenvalue weighted by molar-refractivity contribution is -0.663. The summed E-state index contributed by atoms with van der Waals surface area (Å²) in [5.41, 5.74) is -28.5. The van der Waals surface area contributed by atoms with E-state index < -0.39 is 195 Å². The predicted molar refractivity (Wildman–Crippen MR) is 264 cm³/mol. The van der Waals surface area contributed by atoms with E-state index in [1.165, 1.54) is 32.1 Å². The van der Waals surface area contributed by atoms with Crippen LogP contribution in [0.15, 0.2) is 140 Å². The monoisotopic (exact) mass is 1240 g/mol. The lowest BCUT2D eigenvalue weighted by Crippen LogP contribution is -2.75. The van der Waals surface area contributed by atoms with Crippen LogP contribution in [-0.4, -0.2) is 18.5 Å². The Morgan fingerprint density at radius 3 is 1.01 bits per heavy atom. The van der Waals surface area contributed by atoms with Crippen molar-refractivity contribution >= 4 is 44.7 Å². The standard InChI is InChI=1S/C32H12BF24.C25H30NO2/c34-25(35,36)13-1-14(26(37,38)39)6-21(5-13)33(22-7-15(27(40,41)42)2-16(8-22)28(43,44)45,23-9-17(29(46,47)48)3-18(10-23)30(49,50)51)24-11-19(31(52,53)54)4-20(12-24)32(55,56)57;1-2-3-4-5-6-12-19-28-25-18-17-21-13-10-11-16-23(21)26(25)20-24(27)22-14-8-7-9-15-22/h1-12H;7-11,13-18H,2-6,12,19-20H2,1H3/q-1;+1. The molecule has 1 aromatic heterocycles. The summed E-state index contributed by atoms with van der Waals surface area (Å²) < 4.78 is 349. The lowest BCUT2D eigenvalue weighted by Gasteiger charge is -2.46. The van der Waals surface area contributed by atoms with Crippen LogP contribution in [0.4, 0.5) is 105 Å². The number of halogens is 24. The number of alkyl halides is 24. The molecule has 0 aliphatic heterocycles. The number of aromatic nitrogens is 1. The minimum Gasteiger partial charge on any atom is -0.444 e. The first-order valence-corrected chi connectivity index (χ1v) is 25.0. The second-order valence-corrected chi connectivity index (χ2v) is 19.4. The summed E-state index contributed by atoms with van der Waals surface area (Å²) in [5, 5.41) is 1.11. The van der Waals surface area contributed by atoms with E-state index in [1.54, 1.807) is 0 Å². The number of hydrogen-bond donors (Lipinski definition) is 0. The molecule has 0 aliphatic rings. The molecule has 0 saturated heterocycles. The Hall–Kier alpha value is -7.42. The van der Waals surface area contributed by atoms with Gasteiger partial charge in [-0.2, -0.15) is 132 Å². The van der Waals surface area contributed by atoms with E-state index in [4.69, 9.17) is 4.74 Å². The van der Waals surface area contributed by atoms with E-state index in [0.717, 1.165) is 28.8 Å². The normalized spacial score (nSPS) is 13.2. The number of carbonyl (C=O) groups is 1. The Balaban J connectivity index is 0.000000343. The highest BCUT2D eigenvalue weighted by molar-refractivity contribution is 7.20. The molecule has 7 rings (SSSR count). The molecule has 3 nitrogen and oxygen atoms in total. The Bertz CT molecular complexity index is 3030. The molecule has 28 heteroatoms. The molecule has 1 heterocycles. The molecule has 0 aliphatic carbocycles. The van der Waals surface area contributed by atoms with Crippen molar-refractivity contribution < 1.29 is 119 Å². The number of unbranched alkanes of at least 4 members (excludes halogenated alkanes) is 5. The summed E-state index contributed by atoms with van der Waals surface area (Å²) in [4.78, 5) is 12.8. The highest BCUT2D eigenvalue weighted by Crippen LogP contribution is 2.41. The molecular weight excluding hydrogens is 1200 g/mol. The average molecular weight is 1240 g/mol. The number of benzene rings is 6. The van der Waals surface area contributed by atoms with Gasteiger partial charge >= 0.3 is 55.3 Å². The topological polar surface area (TPSA) is 30.2 Å². The average Bonchev–Trinajstić information content (AvgIpc) is 0.856. The first-order valence-electron chi connectivity index (χ1n) is 25.0. The largest absolute Gasteiger partial charge is 0.444 e. The summed E-state index contributed by atoms with van der Waals surface area (Å²) in [6.07, 6.45) is -47.4. The fourth-order valence-electron chi connectivity index (χ4n) is 9.52. The second kappa shape index (κ2) is 24.9. The van der Waals surface area contributed by atoms with Gasteiger partial charge in [0.15, 0.2) is 0 Å². The summed E-state index contributed by atoms with van der Waals surface area (Å²) in [6.45, 7) is 3.19. The predicted octanol–water partition coefficient (Wildman–Crippen LogP) is 17.0. The third kappa shape index (κ3) is 16.3. The third-order valence-corrected chi connectivity index (χ3v) is 13.5. The fraction of sp³-hybridized carbons (Fsp3) is 0.298. The van der Waals surface area contributed by atoms with Crippen molar-refractivity contribution in [3.8, 4) is 5.88 Å². The number of rotatable bonds is 15. The van der Waals surface area contributed by atoms with Crippen LogP contribution >= 0.6 is 0 Å². The maximum absolute atomic E-state index is 14.2. The number of ether oxygens (including phenoxy) is 1. The number of carbonyl (C=O) groups excluding carboxylic acids is 1. The van der Waals surface area contributed by atoms with Gasteiger partial charge in [-0.05, 0) is 42.8 Å². The van der Waals surface area contributed by atoms with Gasteiger partial charge in [-0.3, -0.25) is 4.79 Å². The molecule has 0 spiro atoms. The Morgan fingerprint density at radius 1 is 0.376 bits per heavy atom. The molecule has 6 aromatic carbocycles. The highest BCUT2D eigenvalue weighted by atomic mass is 19.4. The number of pyridine rings is 1. The Morgan fingerprint density at radius 2 is 0.682 bits per heavy atom. The minimum absolute atomic E-state index is 0.0892. The molecule has 0 bridgehead atoms. The van der Waals surface area contributed by atoms with E-state index in [9.17, 15) is 110 Å². The highest BCUT2D eigenvalue weighted by Gasteiger charge is 2.47. The van der Waals surface area contributed by atoms with Crippen LogP contribution in [0, 0.1) is 0 Å². The number of para-hydroxylation sites is 1. The molecule has 7 aromatic rings. The van der Waals surface area contributed by atoms with Crippen LogP contribution in [-0.2, 0) is 56.0 Å². The van der Waals surface area contributed by atoms with Crippen LogP contribution in [0.1, 0.15) is 100 Å². The summed E-state index contributed by atoms with van der Waals surface area (Å²) in [7, 11) is 0. The molecule has 458 valence electrons. The summed E-state index contributed by atoms with van der Waals surface area (Å²) in [5.74, 6) is 0.850. The summed E-state index contributed by atoms with van der Waals surface area (Å²) >= 11 is 0. The quantitative estimate of drug-likeness (QED) is 0.0337. The van der Waals surface area contributed by atoms with Crippen molar-refractivity contribution in [3.05, 3.63) is 190 Å². The minimum atomic E-state index is -6.13. The van der Waals surface area contributed by atoms with Gasteiger partial charge < -0.3 is 4.74 Å². The molecular formula is C57H42BF24NO2. The molecule has 85 heavy (non-hydrogen) atoms. The maximum atomic E-state index is 14.2. The molecule has 0 amide bonds. The molecule has 0 unspecified atom stereocenters. The van der Waals surface area contributed by atoms with Crippen molar-refractivity contribution in [1.82, 2.24) is 0 Å². The van der Waals surface area contributed by atoms with Gasteiger partial charge in [0.1, 0.15) is 6.15 Å². The van der Waals surface area contributed by atoms with Crippen LogP contribution in [0.3, 0.4) is 0 Å². The van der Waals surface area contributed by atoms with Crippen molar-refractivity contribution in [2.24, 2.45) is 0 Å². The summed E-state index contributed by atoms with van der Waals surface area (Å²) in [6, 6.07) is 12.8. The fourth-order valence-corrected chi connectivity index (χ4v) is 9.52. The SMILES string of the molecule is CCCCCCCCOc1ccc2ccccc2[n+]1CC(=O)c1ccccc1.FC(F)(F)c1cc([B-](c2cc(C(F)(F)F)cc(C(F)(F)F)c2)(c2cc(C(F)(F)F)cc(C(F)(F)F)c2)c2cc(C(F)(F)F)cc(C(F)(F)F)c2)cc(C(F)(F)F)c1. The second-order valence-electron chi connectivity index (χ2n) is 19.4. The molecule has 0 N–H and O–H groups in total. The van der Waals surface area contributed by atoms with E-state index in [0.29, 0.717) is 6.61 Å². The maximum Gasteiger partial charge on any atom is 0.416 e. The zero-order chi connectivity index (χ0) is 63.5. The van der Waals surface area contributed by atoms with Gasteiger partial charge in [-0.25, -0.2) is 0 Å². The van der Waals surface area contributed by atoms with E-state index in [2.05, 4.69) is 19.1 Å². The third-order valence-electron chi connectivity index (χ3n) is 13.5.